The molecule has 0 unspecified atom stereocenters. The van der Waals surface area contributed by atoms with Crippen molar-refractivity contribution >= 4 is 34.1 Å². The molecule has 0 atom stereocenters. The summed E-state index contributed by atoms with van der Waals surface area (Å²) in [6.07, 6.45) is 4.09. The summed E-state index contributed by atoms with van der Waals surface area (Å²) in [5.41, 5.74) is 3.26. The fourth-order valence-corrected chi connectivity index (χ4v) is 3.79. The first-order chi connectivity index (χ1) is 12.7. The van der Waals surface area contributed by atoms with Crippen molar-refractivity contribution in [3.8, 4) is 5.75 Å². The van der Waals surface area contributed by atoms with Gasteiger partial charge in [-0.3, -0.25) is 0 Å². The van der Waals surface area contributed by atoms with Crippen molar-refractivity contribution in [3.63, 3.8) is 0 Å². The molecule has 0 amide bonds. The summed E-state index contributed by atoms with van der Waals surface area (Å²) in [4.78, 5) is 6.76. The molecule has 1 aromatic heterocycles. The molecule has 0 aliphatic carbocycles. The summed E-state index contributed by atoms with van der Waals surface area (Å²) in [7, 11) is 1.67. The van der Waals surface area contributed by atoms with Crippen LogP contribution in [0, 0.1) is 0 Å². The topological polar surface area (TPSA) is 42.3 Å². The first kappa shape index (κ1) is 16.8. The van der Waals surface area contributed by atoms with Crippen LogP contribution < -0.4 is 10.1 Å². The number of piperidine rings is 1. The summed E-state index contributed by atoms with van der Waals surface area (Å²) in [5, 5.41) is 4.11. The second kappa shape index (κ2) is 7.33. The SMILES string of the molecule is COc1ccc(NC(=S)N2CCC(n3cnc4ccccc43)CC2)cc1. The van der Waals surface area contributed by atoms with Crippen LogP contribution in [0.1, 0.15) is 18.9 Å². The lowest BCUT2D eigenvalue weighted by Gasteiger charge is -2.34. The Morgan fingerprint density at radius 3 is 2.58 bits per heavy atom. The number of aromatic nitrogens is 2. The van der Waals surface area contributed by atoms with E-state index in [1.807, 2.05) is 36.7 Å². The molecule has 6 heteroatoms. The van der Waals surface area contributed by atoms with E-state index in [4.69, 9.17) is 17.0 Å². The van der Waals surface area contributed by atoms with E-state index in [0.29, 0.717) is 6.04 Å². The highest BCUT2D eigenvalue weighted by Gasteiger charge is 2.23. The summed E-state index contributed by atoms with van der Waals surface area (Å²) in [6.45, 7) is 1.89. The van der Waals surface area contributed by atoms with Gasteiger partial charge in [0.1, 0.15) is 5.75 Å². The third-order valence-corrected chi connectivity index (χ3v) is 5.33. The van der Waals surface area contributed by atoms with E-state index >= 15 is 0 Å². The lowest BCUT2D eigenvalue weighted by atomic mass is 10.0. The summed E-state index contributed by atoms with van der Waals surface area (Å²) in [6, 6.07) is 16.6. The number of ether oxygens (including phenoxy) is 1. The molecule has 1 aliphatic rings. The van der Waals surface area contributed by atoms with Crippen LogP contribution in [-0.4, -0.2) is 39.8 Å². The predicted octanol–water partition coefficient (Wildman–Crippen LogP) is 4.08. The number of benzene rings is 2. The van der Waals surface area contributed by atoms with Gasteiger partial charge in [0.25, 0.3) is 0 Å². The lowest BCUT2D eigenvalue weighted by molar-refractivity contribution is 0.272. The summed E-state index contributed by atoms with van der Waals surface area (Å²) >= 11 is 5.60. The highest BCUT2D eigenvalue weighted by molar-refractivity contribution is 7.80. The zero-order valence-electron chi connectivity index (χ0n) is 14.8. The normalized spacial score (nSPS) is 15.2. The molecule has 1 aliphatic heterocycles. The molecule has 3 aromatic rings. The standard InChI is InChI=1S/C20H22N4OS/c1-25-17-8-6-15(7-9-17)22-20(26)23-12-10-16(11-13-23)24-14-21-18-4-2-3-5-19(18)24/h2-9,14,16H,10-13H2,1H3,(H,22,26). The van der Waals surface area contributed by atoms with E-state index in [2.05, 4.69) is 38.0 Å². The highest BCUT2D eigenvalue weighted by atomic mass is 32.1. The number of anilines is 1. The molecule has 0 radical (unpaired) electrons. The third kappa shape index (κ3) is 3.37. The quantitative estimate of drug-likeness (QED) is 0.708. The summed E-state index contributed by atoms with van der Waals surface area (Å²) in [5.74, 6) is 0.842. The number of nitrogens with zero attached hydrogens (tertiary/aromatic N) is 3. The van der Waals surface area contributed by atoms with Gasteiger partial charge in [0.2, 0.25) is 0 Å². The molecule has 4 rings (SSSR count). The van der Waals surface area contributed by atoms with Gasteiger partial charge < -0.3 is 19.5 Å². The molecular weight excluding hydrogens is 344 g/mol. The first-order valence-corrected chi connectivity index (χ1v) is 9.27. The number of methoxy groups -OCH3 is 1. The fraction of sp³-hybridized carbons (Fsp3) is 0.300. The molecule has 1 N–H and O–H groups in total. The molecule has 2 heterocycles. The van der Waals surface area contributed by atoms with Gasteiger partial charge in [0, 0.05) is 24.8 Å². The molecule has 5 nitrogen and oxygen atoms in total. The van der Waals surface area contributed by atoms with Crippen LogP contribution in [0.5, 0.6) is 5.75 Å². The lowest BCUT2D eigenvalue weighted by Crippen LogP contribution is -2.41. The van der Waals surface area contributed by atoms with Crippen LogP contribution in [0.25, 0.3) is 11.0 Å². The van der Waals surface area contributed by atoms with Gasteiger partial charge in [0.15, 0.2) is 5.11 Å². The number of fused-ring (bicyclic) bond motifs is 1. The van der Waals surface area contributed by atoms with E-state index in [1.54, 1.807) is 7.11 Å². The van der Waals surface area contributed by atoms with Crippen molar-refractivity contribution in [1.82, 2.24) is 14.5 Å². The van der Waals surface area contributed by atoms with Crippen molar-refractivity contribution < 1.29 is 4.74 Å². The maximum absolute atomic E-state index is 5.60. The van der Waals surface area contributed by atoms with Crippen LogP contribution in [0.3, 0.4) is 0 Å². The highest BCUT2D eigenvalue weighted by Crippen LogP contribution is 2.27. The minimum absolute atomic E-state index is 0.474. The number of likely N-dealkylation sites (tertiary alicyclic amines) is 1. The maximum Gasteiger partial charge on any atom is 0.173 e. The van der Waals surface area contributed by atoms with Gasteiger partial charge in [-0.05, 0) is 61.5 Å². The van der Waals surface area contributed by atoms with Crippen LogP contribution in [0.4, 0.5) is 5.69 Å². The van der Waals surface area contributed by atoms with Crippen molar-refractivity contribution in [2.45, 2.75) is 18.9 Å². The van der Waals surface area contributed by atoms with Crippen LogP contribution in [0.15, 0.2) is 54.9 Å². The average molecular weight is 366 g/mol. The zero-order chi connectivity index (χ0) is 17.9. The second-order valence-electron chi connectivity index (χ2n) is 6.52. The summed E-state index contributed by atoms with van der Waals surface area (Å²) < 4.78 is 7.50. The van der Waals surface area contributed by atoms with Crippen molar-refractivity contribution in [3.05, 3.63) is 54.9 Å². The largest absolute Gasteiger partial charge is 0.497 e. The van der Waals surface area contributed by atoms with E-state index in [-0.39, 0.29) is 0 Å². The number of rotatable bonds is 3. The Bertz CT molecular complexity index is 898. The predicted molar refractivity (Wildman–Crippen MR) is 109 cm³/mol. The minimum Gasteiger partial charge on any atom is -0.497 e. The van der Waals surface area contributed by atoms with Gasteiger partial charge in [0.05, 0.1) is 24.5 Å². The first-order valence-electron chi connectivity index (χ1n) is 8.86. The van der Waals surface area contributed by atoms with Crippen molar-refractivity contribution in [2.75, 3.05) is 25.5 Å². The Balaban J connectivity index is 1.37. The van der Waals surface area contributed by atoms with E-state index in [1.165, 1.54) is 5.52 Å². The van der Waals surface area contributed by atoms with Gasteiger partial charge in [-0.15, -0.1) is 0 Å². The Hall–Kier alpha value is -2.60. The van der Waals surface area contributed by atoms with Gasteiger partial charge in [-0.1, -0.05) is 12.1 Å². The average Bonchev–Trinajstić information content (AvgIpc) is 3.13. The Labute approximate surface area is 158 Å². The minimum atomic E-state index is 0.474. The monoisotopic (exact) mass is 366 g/mol. The van der Waals surface area contributed by atoms with Crippen molar-refractivity contribution in [1.29, 1.82) is 0 Å². The van der Waals surface area contributed by atoms with Gasteiger partial charge in [-0.2, -0.15) is 0 Å². The van der Waals surface area contributed by atoms with Gasteiger partial charge >= 0.3 is 0 Å². The number of imidazole rings is 1. The molecule has 0 bridgehead atoms. The smallest absolute Gasteiger partial charge is 0.173 e. The Morgan fingerprint density at radius 1 is 1.12 bits per heavy atom. The molecule has 1 saturated heterocycles. The fourth-order valence-electron chi connectivity index (χ4n) is 3.49. The Morgan fingerprint density at radius 2 is 1.85 bits per heavy atom. The molecule has 0 spiro atoms. The molecule has 0 saturated carbocycles. The molecule has 26 heavy (non-hydrogen) atoms. The maximum atomic E-state index is 5.60. The number of hydrogen-bond donors (Lipinski definition) is 1. The Kier molecular flexibility index (Phi) is 4.75. The van der Waals surface area contributed by atoms with Crippen LogP contribution >= 0.6 is 12.2 Å². The number of hydrogen-bond acceptors (Lipinski definition) is 3. The number of para-hydroxylation sites is 2. The van der Waals surface area contributed by atoms with E-state index in [9.17, 15) is 0 Å². The number of nitrogens with one attached hydrogen (secondary N) is 1. The third-order valence-electron chi connectivity index (χ3n) is 4.97. The molecule has 1 fully saturated rings. The van der Waals surface area contributed by atoms with Crippen LogP contribution in [0.2, 0.25) is 0 Å². The second-order valence-corrected chi connectivity index (χ2v) is 6.90. The van der Waals surface area contributed by atoms with Gasteiger partial charge in [-0.25, -0.2) is 4.98 Å². The number of thiocarbonyl (C=S) groups is 1. The van der Waals surface area contributed by atoms with E-state index in [0.717, 1.165) is 48.0 Å². The van der Waals surface area contributed by atoms with Crippen molar-refractivity contribution in [2.24, 2.45) is 0 Å². The van der Waals surface area contributed by atoms with Crippen LogP contribution in [-0.2, 0) is 0 Å². The molecule has 134 valence electrons. The molecule has 2 aromatic carbocycles. The molecular formula is C20H22N4OS. The zero-order valence-corrected chi connectivity index (χ0v) is 15.6. The van der Waals surface area contributed by atoms with E-state index < -0.39 is 0 Å².